The van der Waals surface area contributed by atoms with E-state index in [-0.39, 0.29) is 5.91 Å². The van der Waals surface area contributed by atoms with Crippen LogP contribution in [0, 0.1) is 0 Å². The maximum atomic E-state index is 12.4. The Balaban J connectivity index is 1.44. The van der Waals surface area contributed by atoms with E-state index in [2.05, 4.69) is 55.3 Å². The molecule has 29 heavy (non-hydrogen) atoms. The molecule has 0 saturated heterocycles. The second-order valence-corrected chi connectivity index (χ2v) is 8.15. The average Bonchev–Trinajstić information content (AvgIpc) is 3.06. The topological polar surface area (TPSA) is 55.6 Å². The number of rotatable bonds is 6. The maximum absolute atomic E-state index is 12.4. The number of nitrogens with one attached hydrogen (secondary N) is 1. The standard InChI is InChI=1S/C23H24BrN3O2/c1-29-22-11-10-17(24)14-16(22)15-25-26-23(28)12-13-27-20-8-4-2-6-18(20)19-7-3-5-9-21(19)27/h2,4,6,8,10-11,14-15H,3,5,7,9,12-13H2,1H3,(H,26,28). The third kappa shape index (κ3) is 4.22. The summed E-state index contributed by atoms with van der Waals surface area (Å²) in [5.41, 5.74) is 7.53. The lowest BCUT2D eigenvalue weighted by Crippen LogP contribution is -2.20. The molecule has 0 saturated carbocycles. The number of aromatic nitrogens is 1. The zero-order chi connectivity index (χ0) is 20.2. The Morgan fingerprint density at radius 1 is 1.24 bits per heavy atom. The molecule has 0 spiro atoms. The number of ether oxygens (including phenoxy) is 1. The van der Waals surface area contributed by atoms with Crippen molar-refractivity contribution >= 4 is 39.0 Å². The molecule has 2 aromatic carbocycles. The fraction of sp³-hybridized carbons (Fsp3) is 0.304. The van der Waals surface area contributed by atoms with Crippen molar-refractivity contribution in [1.29, 1.82) is 0 Å². The highest BCUT2D eigenvalue weighted by molar-refractivity contribution is 9.10. The molecule has 0 atom stereocenters. The first kappa shape index (κ1) is 19.7. The fourth-order valence-electron chi connectivity index (χ4n) is 4.09. The lowest BCUT2D eigenvalue weighted by molar-refractivity contribution is -0.121. The molecule has 1 N–H and O–H groups in total. The summed E-state index contributed by atoms with van der Waals surface area (Å²) in [4.78, 5) is 12.4. The molecule has 0 fully saturated rings. The molecular formula is C23H24BrN3O2. The Bertz CT molecular complexity index is 1070. The van der Waals surface area contributed by atoms with E-state index in [1.807, 2.05) is 18.2 Å². The first-order chi connectivity index (χ1) is 14.2. The normalized spacial score (nSPS) is 13.6. The number of hydrogen-bond donors (Lipinski definition) is 1. The van der Waals surface area contributed by atoms with Gasteiger partial charge in [0.05, 0.1) is 13.3 Å². The summed E-state index contributed by atoms with van der Waals surface area (Å²) in [6.45, 7) is 0.664. The van der Waals surface area contributed by atoms with Gasteiger partial charge in [0, 0.05) is 39.6 Å². The van der Waals surface area contributed by atoms with Crippen molar-refractivity contribution in [2.45, 2.75) is 38.6 Å². The molecule has 6 heteroatoms. The van der Waals surface area contributed by atoms with E-state index in [1.165, 1.54) is 35.0 Å². The van der Waals surface area contributed by atoms with Gasteiger partial charge in [0.15, 0.2) is 0 Å². The number of para-hydroxylation sites is 1. The van der Waals surface area contributed by atoms with Crippen LogP contribution in [0.2, 0.25) is 0 Å². The van der Waals surface area contributed by atoms with Crippen LogP contribution in [0.15, 0.2) is 52.0 Å². The van der Waals surface area contributed by atoms with Crippen LogP contribution in [0.3, 0.4) is 0 Å². The van der Waals surface area contributed by atoms with E-state index in [4.69, 9.17) is 4.74 Å². The van der Waals surface area contributed by atoms with Gasteiger partial charge in [-0.05, 0) is 55.5 Å². The smallest absolute Gasteiger partial charge is 0.241 e. The third-order valence-electron chi connectivity index (χ3n) is 5.43. The summed E-state index contributed by atoms with van der Waals surface area (Å²) in [6, 6.07) is 14.2. The predicted molar refractivity (Wildman–Crippen MR) is 120 cm³/mol. The lowest BCUT2D eigenvalue weighted by Gasteiger charge is -2.15. The Labute approximate surface area is 178 Å². The summed E-state index contributed by atoms with van der Waals surface area (Å²) < 4.78 is 8.57. The van der Waals surface area contributed by atoms with E-state index in [9.17, 15) is 4.79 Å². The van der Waals surface area contributed by atoms with Crippen LogP contribution in [0.1, 0.15) is 36.1 Å². The van der Waals surface area contributed by atoms with E-state index >= 15 is 0 Å². The molecule has 3 aromatic rings. The number of benzene rings is 2. The number of hydrazone groups is 1. The molecule has 1 heterocycles. The fourth-order valence-corrected chi connectivity index (χ4v) is 4.47. The molecule has 1 aliphatic carbocycles. The quantitative estimate of drug-likeness (QED) is 0.429. The van der Waals surface area contributed by atoms with E-state index in [0.717, 1.165) is 22.9 Å². The third-order valence-corrected chi connectivity index (χ3v) is 5.92. The summed E-state index contributed by atoms with van der Waals surface area (Å²) in [6.07, 6.45) is 6.68. The van der Waals surface area contributed by atoms with Crippen LogP contribution in [-0.2, 0) is 24.2 Å². The van der Waals surface area contributed by atoms with Gasteiger partial charge in [-0.3, -0.25) is 4.79 Å². The van der Waals surface area contributed by atoms with Gasteiger partial charge in [-0.2, -0.15) is 5.10 Å². The van der Waals surface area contributed by atoms with Crippen molar-refractivity contribution in [3.63, 3.8) is 0 Å². The number of carbonyl (C=O) groups is 1. The first-order valence-electron chi connectivity index (χ1n) is 9.92. The lowest BCUT2D eigenvalue weighted by atomic mass is 9.95. The summed E-state index contributed by atoms with van der Waals surface area (Å²) >= 11 is 3.44. The number of carbonyl (C=O) groups excluding carboxylic acids is 1. The van der Waals surface area contributed by atoms with E-state index < -0.39 is 0 Å². The van der Waals surface area contributed by atoms with Crippen LogP contribution in [-0.4, -0.2) is 23.8 Å². The Morgan fingerprint density at radius 2 is 2.07 bits per heavy atom. The highest BCUT2D eigenvalue weighted by atomic mass is 79.9. The molecule has 0 bridgehead atoms. The van der Waals surface area contributed by atoms with Crippen LogP contribution in [0.25, 0.3) is 10.9 Å². The van der Waals surface area contributed by atoms with Gasteiger partial charge in [0.1, 0.15) is 5.75 Å². The van der Waals surface area contributed by atoms with Gasteiger partial charge in [-0.15, -0.1) is 0 Å². The molecular weight excluding hydrogens is 430 g/mol. The highest BCUT2D eigenvalue weighted by Gasteiger charge is 2.19. The summed E-state index contributed by atoms with van der Waals surface area (Å²) in [5, 5.41) is 5.44. The highest BCUT2D eigenvalue weighted by Crippen LogP contribution is 2.32. The first-order valence-corrected chi connectivity index (χ1v) is 10.7. The van der Waals surface area contributed by atoms with Crippen molar-refractivity contribution in [3.8, 4) is 5.75 Å². The SMILES string of the molecule is COc1ccc(Br)cc1C=NNC(=O)CCn1c2c(c3ccccc31)CCCC2. The van der Waals surface area contributed by atoms with Crippen LogP contribution in [0.4, 0.5) is 0 Å². The largest absolute Gasteiger partial charge is 0.496 e. The molecule has 0 unspecified atom stereocenters. The van der Waals surface area contributed by atoms with Gasteiger partial charge in [-0.25, -0.2) is 5.43 Å². The second kappa shape index (κ2) is 8.82. The molecule has 150 valence electrons. The van der Waals surface area contributed by atoms with E-state index in [0.29, 0.717) is 18.7 Å². The predicted octanol–water partition coefficient (Wildman–Crippen LogP) is 4.83. The van der Waals surface area contributed by atoms with Crippen LogP contribution < -0.4 is 10.2 Å². The molecule has 0 aliphatic heterocycles. The Kier molecular flexibility index (Phi) is 6.00. The van der Waals surface area contributed by atoms with E-state index in [1.54, 1.807) is 13.3 Å². The number of fused-ring (bicyclic) bond motifs is 3. The summed E-state index contributed by atoms with van der Waals surface area (Å²) in [5.74, 6) is 0.606. The molecule has 1 amide bonds. The Morgan fingerprint density at radius 3 is 2.93 bits per heavy atom. The van der Waals surface area contributed by atoms with Crippen molar-refractivity contribution in [2.75, 3.05) is 7.11 Å². The number of nitrogens with zero attached hydrogens (tertiary/aromatic N) is 2. The van der Waals surface area contributed by atoms with Gasteiger partial charge >= 0.3 is 0 Å². The van der Waals surface area contributed by atoms with Crippen LogP contribution in [0.5, 0.6) is 5.75 Å². The van der Waals surface area contributed by atoms with Gasteiger partial charge in [0.25, 0.3) is 0 Å². The van der Waals surface area contributed by atoms with Crippen molar-refractivity contribution < 1.29 is 9.53 Å². The molecule has 4 rings (SSSR count). The van der Waals surface area contributed by atoms with Gasteiger partial charge < -0.3 is 9.30 Å². The zero-order valence-corrected chi connectivity index (χ0v) is 18.0. The molecule has 1 aromatic heterocycles. The maximum Gasteiger partial charge on any atom is 0.241 e. The minimum Gasteiger partial charge on any atom is -0.496 e. The number of methoxy groups -OCH3 is 1. The minimum absolute atomic E-state index is 0.0995. The second-order valence-electron chi connectivity index (χ2n) is 7.23. The molecule has 1 aliphatic rings. The average molecular weight is 454 g/mol. The zero-order valence-electron chi connectivity index (χ0n) is 16.5. The summed E-state index contributed by atoms with van der Waals surface area (Å²) in [7, 11) is 1.61. The van der Waals surface area contributed by atoms with Gasteiger partial charge in [0.2, 0.25) is 5.91 Å². The number of halogens is 1. The van der Waals surface area contributed by atoms with Crippen molar-refractivity contribution in [1.82, 2.24) is 9.99 Å². The number of amides is 1. The van der Waals surface area contributed by atoms with Gasteiger partial charge in [-0.1, -0.05) is 34.1 Å². The van der Waals surface area contributed by atoms with Crippen molar-refractivity contribution in [2.24, 2.45) is 5.10 Å². The number of hydrogen-bond acceptors (Lipinski definition) is 3. The minimum atomic E-state index is -0.0995. The van der Waals surface area contributed by atoms with Crippen LogP contribution >= 0.6 is 15.9 Å². The van der Waals surface area contributed by atoms with Crippen molar-refractivity contribution in [3.05, 3.63) is 63.8 Å². The monoisotopic (exact) mass is 453 g/mol. The molecule has 5 nitrogen and oxygen atoms in total. The molecule has 0 radical (unpaired) electrons. The number of aryl methyl sites for hydroxylation is 2. The Hall–Kier alpha value is -2.60.